The van der Waals surface area contributed by atoms with E-state index in [1.54, 1.807) is 48.5 Å². The molecular formula is C27H26N2O6. The number of methoxy groups -OCH3 is 2. The molecule has 3 rings (SSSR count). The van der Waals surface area contributed by atoms with Crippen LogP contribution in [0.3, 0.4) is 0 Å². The lowest BCUT2D eigenvalue weighted by Crippen LogP contribution is -2.55. The van der Waals surface area contributed by atoms with E-state index in [2.05, 4.69) is 12.1 Å². The SMILES string of the molecule is CCOc1ccc(C2C(C(=O)OC)C(=O)C(C(=O)OC)C(c3ccc(C)cc3)C2(C#N)C#N)cc1. The lowest BCUT2D eigenvalue weighted by Gasteiger charge is -2.46. The van der Waals surface area contributed by atoms with Crippen LogP contribution in [-0.2, 0) is 23.9 Å². The molecule has 0 spiro atoms. The van der Waals surface area contributed by atoms with Gasteiger partial charge in [-0.05, 0) is 37.1 Å². The highest BCUT2D eigenvalue weighted by Gasteiger charge is 2.65. The molecule has 180 valence electrons. The summed E-state index contributed by atoms with van der Waals surface area (Å²) in [6.07, 6.45) is 0. The summed E-state index contributed by atoms with van der Waals surface area (Å²) in [6, 6.07) is 17.6. The Kier molecular flexibility index (Phi) is 7.56. The van der Waals surface area contributed by atoms with Gasteiger partial charge in [0.15, 0.2) is 11.2 Å². The monoisotopic (exact) mass is 474 g/mol. The van der Waals surface area contributed by atoms with Gasteiger partial charge in [0.1, 0.15) is 17.6 Å². The van der Waals surface area contributed by atoms with E-state index in [4.69, 9.17) is 14.2 Å². The van der Waals surface area contributed by atoms with Crippen LogP contribution in [0.2, 0.25) is 0 Å². The number of carbonyl (C=O) groups excluding carboxylic acids is 3. The maximum atomic E-state index is 13.8. The molecule has 0 aromatic heterocycles. The summed E-state index contributed by atoms with van der Waals surface area (Å²) in [5.74, 6) is -7.57. The highest BCUT2D eigenvalue weighted by molar-refractivity contribution is 6.11. The molecule has 0 bridgehead atoms. The fraction of sp³-hybridized carbons (Fsp3) is 0.370. The molecule has 1 aliphatic carbocycles. The number of esters is 2. The van der Waals surface area contributed by atoms with Crippen LogP contribution in [0.25, 0.3) is 0 Å². The van der Waals surface area contributed by atoms with Crippen molar-refractivity contribution in [2.24, 2.45) is 17.3 Å². The van der Waals surface area contributed by atoms with Gasteiger partial charge in [-0.1, -0.05) is 42.0 Å². The van der Waals surface area contributed by atoms with Crippen molar-refractivity contribution in [3.63, 3.8) is 0 Å². The molecule has 0 amide bonds. The van der Waals surface area contributed by atoms with Gasteiger partial charge in [0, 0.05) is 11.8 Å². The molecule has 0 heterocycles. The summed E-state index contributed by atoms with van der Waals surface area (Å²) in [6.45, 7) is 4.13. The van der Waals surface area contributed by atoms with Gasteiger partial charge < -0.3 is 14.2 Å². The van der Waals surface area contributed by atoms with Gasteiger partial charge in [-0.25, -0.2) is 0 Å². The van der Waals surface area contributed by atoms with Crippen LogP contribution in [0.4, 0.5) is 0 Å². The first-order valence-corrected chi connectivity index (χ1v) is 11.1. The highest BCUT2D eigenvalue weighted by atomic mass is 16.5. The second-order valence-electron chi connectivity index (χ2n) is 8.36. The van der Waals surface area contributed by atoms with Crippen LogP contribution in [0.1, 0.15) is 35.4 Å². The number of nitrogens with zero attached hydrogens (tertiary/aromatic N) is 2. The van der Waals surface area contributed by atoms with Crippen LogP contribution in [0, 0.1) is 46.8 Å². The third-order valence-electron chi connectivity index (χ3n) is 6.53. The zero-order valence-corrected chi connectivity index (χ0v) is 20.0. The summed E-state index contributed by atoms with van der Waals surface area (Å²) in [5.41, 5.74) is -0.212. The predicted octanol–water partition coefficient (Wildman–Crippen LogP) is 3.46. The first kappa shape index (κ1) is 25.5. The predicted molar refractivity (Wildman–Crippen MR) is 124 cm³/mol. The van der Waals surface area contributed by atoms with Crippen LogP contribution >= 0.6 is 0 Å². The number of hydrogen-bond acceptors (Lipinski definition) is 8. The number of benzene rings is 2. The third-order valence-corrected chi connectivity index (χ3v) is 6.53. The number of ketones is 1. The average molecular weight is 475 g/mol. The van der Waals surface area contributed by atoms with Crippen LogP contribution in [-0.4, -0.2) is 38.5 Å². The van der Waals surface area contributed by atoms with E-state index in [9.17, 15) is 24.9 Å². The number of carbonyl (C=O) groups is 3. The number of hydrogen-bond donors (Lipinski definition) is 0. The van der Waals surface area contributed by atoms with Crippen molar-refractivity contribution in [2.45, 2.75) is 25.7 Å². The Labute approximate surface area is 204 Å². The molecule has 8 heteroatoms. The van der Waals surface area contributed by atoms with E-state index in [0.29, 0.717) is 23.5 Å². The zero-order chi connectivity index (χ0) is 25.8. The van der Waals surface area contributed by atoms with Crippen molar-refractivity contribution < 1.29 is 28.6 Å². The quantitative estimate of drug-likeness (QED) is 0.460. The van der Waals surface area contributed by atoms with Gasteiger partial charge in [-0.15, -0.1) is 0 Å². The molecule has 8 nitrogen and oxygen atoms in total. The lowest BCUT2D eigenvalue weighted by molar-refractivity contribution is -0.162. The Morgan fingerprint density at radius 3 is 1.66 bits per heavy atom. The highest BCUT2D eigenvalue weighted by Crippen LogP contribution is 2.58. The molecule has 1 aliphatic rings. The maximum Gasteiger partial charge on any atom is 0.316 e. The Bertz CT molecular complexity index is 1180. The average Bonchev–Trinajstić information content (AvgIpc) is 2.88. The van der Waals surface area contributed by atoms with Crippen molar-refractivity contribution in [2.75, 3.05) is 20.8 Å². The van der Waals surface area contributed by atoms with Crippen molar-refractivity contribution in [3.05, 3.63) is 65.2 Å². The molecule has 0 radical (unpaired) electrons. The minimum atomic E-state index is -1.98. The summed E-state index contributed by atoms with van der Waals surface area (Å²) in [7, 11) is 2.23. The topological polar surface area (TPSA) is 126 Å². The number of ether oxygens (including phenoxy) is 3. The fourth-order valence-corrected chi connectivity index (χ4v) is 4.93. The van der Waals surface area contributed by atoms with Crippen LogP contribution < -0.4 is 4.74 Å². The first-order chi connectivity index (χ1) is 16.8. The van der Waals surface area contributed by atoms with E-state index in [0.717, 1.165) is 19.8 Å². The lowest BCUT2D eigenvalue weighted by atomic mass is 9.50. The smallest absolute Gasteiger partial charge is 0.316 e. The molecule has 35 heavy (non-hydrogen) atoms. The first-order valence-electron chi connectivity index (χ1n) is 11.1. The second-order valence-corrected chi connectivity index (χ2v) is 8.36. The zero-order valence-electron chi connectivity index (χ0n) is 20.0. The van der Waals surface area contributed by atoms with Gasteiger partial charge >= 0.3 is 11.9 Å². The maximum absolute atomic E-state index is 13.8. The molecular weight excluding hydrogens is 448 g/mol. The minimum Gasteiger partial charge on any atom is -0.494 e. The normalized spacial score (nSPS) is 22.9. The largest absolute Gasteiger partial charge is 0.494 e. The third kappa shape index (κ3) is 4.36. The molecule has 4 atom stereocenters. The Hall–Kier alpha value is -4.17. The van der Waals surface area contributed by atoms with Crippen molar-refractivity contribution in [1.82, 2.24) is 0 Å². The number of aryl methyl sites for hydroxylation is 1. The summed E-state index contributed by atoms with van der Waals surface area (Å²) < 4.78 is 15.3. The van der Waals surface area contributed by atoms with E-state index < -0.39 is 46.8 Å². The molecule has 2 aromatic carbocycles. The Morgan fingerprint density at radius 2 is 1.29 bits per heavy atom. The molecule has 1 fully saturated rings. The van der Waals surface area contributed by atoms with Gasteiger partial charge in [0.25, 0.3) is 0 Å². The fourth-order valence-electron chi connectivity index (χ4n) is 4.93. The van der Waals surface area contributed by atoms with Gasteiger partial charge in [0.2, 0.25) is 0 Å². The van der Waals surface area contributed by atoms with E-state index in [1.807, 2.05) is 13.8 Å². The number of Topliss-reactive ketones (excluding diaryl/α,β-unsaturated/α-hetero) is 1. The second kappa shape index (κ2) is 10.4. The molecule has 0 aliphatic heterocycles. The van der Waals surface area contributed by atoms with E-state index in [1.165, 1.54) is 0 Å². The molecule has 2 aromatic rings. The minimum absolute atomic E-state index is 0.403. The van der Waals surface area contributed by atoms with Crippen molar-refractivity contribution in [3.8, 4) is 17.9 Å². The van der Waals surface area contributed by atoms with Crippen LogP contribution in [0.15, 0.2) is 48.5 Å². The summed E-state index contributed by atoms with van der Waals surface area (Å²) >= 11 is 0. The van der Waals surface area contributed by atoms with Crippen molar-refractivity contribution >= 4 is 17.7 Å². The summed E-state index contributed by atoms with van der Waals surface area (Å²) in [5, 5.41) is 21.0. The Balaban J connectivity index is 2.36. The summed E-state index contributed by atoms with van der Waals surface area (Å²) in [4.78, 5) is 39.7. The molecule has 4 unspecified atom stereocenters. The molecule has 1 saturated carbocycles. The molecule has 0 saturated heterocycles. The van der Waals surface area contributed by atoms with E-state index >= 15 is 0 Å². The van der Waals surface area contributed by atoms with Gasteiger partial charge in [-0.3, -0.25) is 14.4 Å². The van der Waals surface area contributed by atoms with E-state index in [-0.39, 0.29) is 0 Å². The number of rotatable bonds is 6. The Morgan fingerprint density at radius 1 is 0.857 bits per heavy atom. The van der Waals surface area contributed by atoms with Gasteiger partial charge in [-0.2, -0.15) is 10.5 Å². The standard InChI is InChI=1S/C27H26N2O6/c1-5-35-19-12-10-18(11-13-19)23-21(26(32)34-4)24(30)20(25(31)33-3)22(27(23,14-28)15-29)17-8-6-16(2)7-9-17/h6-13,20-23H,5H2,1-4H3. The molecule has 0 N–H and O–H groups in total. The van der Waals surface area contributed by atoms with Gasteiger partial charge in [0.05, 0.1) is 33.0 Å². The van der Waals surface area contributed by atoms with Crippen LogP contribution in [0.5, 0.6) is 5.75 Å². The van der Waals surface area contributed by atoms with Crippen molar-refractivity contribution in [1.29, 1.82) is 10.5 Å². The number of nitriles is 2.